The lowest BCUT2D eigenvalue weighted by Crippen LogP contribution is -2.06. The van der Waals surface area contributed by atoms with Gasteiger partial charge in [-0.1, -0.05) is 12.1 Å². The number of nitrogens with zero attached hydrogens (tertiary/aromatic N) is 6. The molecule has 21 heavy (non-hydrogen) atoms. The molecule has 0 unspecified atom stereocenters. The number of hydrogen-bond acceptors (Lipinski definition) is 4. The lowest BCUT2D eigenvalue weighted by Gasteiger charge is -2.02. The van der Waals surface area contributed by atoms with Gasteiger partial charge in [0.15, 0.2) is 0 Å². The molecule has 0 radical (unpaired) electrons. The molecule has 0 spiro atoms. The van der Waals surface area contributed by atoms with Crippen LogP contribution in [0.15, 0.2) is 41.8 Å². The highest BCUT2D eigenvalue weighted by atomic mass is 19.1. The molecule has 6 nitrogen and oxygen atoms in total. The van der Waals surface area contributed by atoms with E-state index in [0.717, 1.165) is 11.4 Å². The molecular weight excluding hydrogens is 271 g/mol. The molecule has 3 aromatic rings. The van der Waals surface area contributed by atoms with Crippen LogP contribution in [0.3, 0.4) is 0 Å². The van der Waals surface area contributed by atoms with E-state index < -0.39 is 0 Å². The van der Waals surface area contributed by atoms with Crippen LogP contribution in [0.1, 0.15) is 17.0 Å². The van der Waals surface area contributed by atoms with Crippen LogP contribution in [-0.2, 0) is 0 Å². The maximum Gasteiger partial charge on any atom is 0.273 e. The first kappa shape index (κ1) is 13.2. The fraction of sp³-hybridized carbons (Fsp3) is 0.143. The van der Waals surface area contributed by atoms with Gasteiger partial charge in [-0.2, -0.15) is 14.9 Å². The van der Waals surface area contributed by atoms with Crippen LogP contribution in [0.4, 0.5) is 4.39 Å². The highest BCUT2D eigenvalue weighted by molar-refractivity contribution is 5.79. The minimum Gasteiger partial charge on any atom is -0.207 e. The van der Waals surface area contributed by atoms with Gasteiger partial charge < -0.3 is 0 Å². The maximum atomic E-state index is 13.1. The van der Waals surface area contributed by atoms with Gasteiger partial charge in [0.1, 0.15) is 12.1 Å². The summed E-state index contributed by atoms with van der Waals surface area (Å²) in [6.07, 6.45) is 3.02. The Labute approximate surface area is 120 Å². The van der Waals surface area contributed by atoms with Gasteiger partial charge in [-0.25, -0.2) is 9.07 Å². The Morgan fingerprint density at radius 1 is 1.24 bits per heavy atom. The Hall–Kier alpha value is -2.83. The lowest BCUT2D eigenvalue weighted by atomic mass is 10.2. The van der Waals surface area contributed by atoms with Gasteiger partial charge >= 0.3 is 0 Å². The average Bonchev–Trinajstić information content (AvgIpc) is 3.02. The molecule has 2 aromatic heterocycles. The molecule has 0 N–H and O–H groups in total. The largest absolute Gasteiger partial charge is 0.273 e. The van der Waals surface area contributed by atoms with E-state index in [-0.39, 0.29) is 5.82 Å². The second-order valence-electron chi connectivity index (χ2n) is 4.61. The second-order valence-corrected chi connectivity index (χ2v) is 4.61. The first-order valence-corrected chi connectivity index (χ1v) is 6.37. The molecule has 0 bridgehead atoms. The summed E-state index contributed by atoms with van der Waals surface area (Å²) in [6, 6.07) is 8.12. The molecule has 0 saturated carbocycles. The molecule has 0 fully saturated rings. The van der Waals surface area contributed by atoms with Gasteiger partial charge in [-0.05, 0) is 37.6 Å². The Kier molecular flexibility index (Phi) is 3.31. The van der Waals surface area contributed by atoms with E-state index in [4.69, 9.17) is 0 Å². The Morgan fingerprint density at radius 2 is 2.10 bits per heavy atom. The van der Waals surface area contributed by atoms with Gasteiger partial charge in [-0.3, -0.25) is 0 Å². The second kappa shape index (κ2) is 5.28. The molecule has 0 amide bonds. The summed E-state index contributed by atoms with van der Waals surface area (Å²) in [5, 5.41) is 16.4. The van der Waals surface area contributed by atoms with E-state index in [1.54, 1.807) is 23.0 Å². The Balaban J connectivity index is 1.94. The Bertz CT molecular complexity index is 801. The van der Waals surface area contributed by atoms with Crippen LogP contribution in [0.5, 0.6) is 0 Å². The summed E-state index contributed by atoms with van der Waals surface area (Å²) >= 11 is 0. The van der Waals surface area contributed by atoms with Crippen molar-refractivity contribution < 1.29 is 4.39 Å². The molecule has 0 atom stereocenters. The minimum absolute atomic E-state index is 0.304. The van der Waals surface area contributed by atoms with Crippen molar-refractivity contribution in [3.05, 3.63) is 59.4 Å². The van der Waals surface area contributed by atoms with Gasteiger partial charge in [0.05, 0.1) is 11.9 Å². The third kappa shape index (κ3) is 2.71. The first-order chi connectivity index (χ1) is 10.1. The quantitative estimate of drug-likeness (QED) is 0.692. The third-order valence-corrected chi connectivity index (χ3v) is 2.89. The number of halogens is 1. The number of rotatable bonds is 3. The van der Waals surface area contributed by atoms with Gasteiger partial charge in [0.25, 0.3) is 5.95 Å². The molecule has 7 heteroatoms. The van der Waals surface area contributed by atoms with Crippen molar-refractivity contribution in [1.82, 2.24) is 24.7 Å². The molecule has 1 aromatic carbocycles. The van der Waals surface area contributed by atoms with Crippen molar-refractivity contribution in [1.29, 1.82) is 0 Å². The van der Waals surface area contributed by atoms with E-state index in [1.165, 1.54) is 23.1 Å². The maximum absolute atomic E-state index is 13.1. The summed E-state index contributed by atoms with van der Waals surface area (Å²) in [6.45, 7) is 3.83. The monoisotopic (exact) mass is 284 g/mol. The predicted octanol–water partition coefficient (Wildman–Crippen LogP) is 2.10. The summed E-state index contributed by atoms with van der Waals surface area (Å²) in [7, 11) is 0. The minimum atomic E-state index is -0.304. The highest BCUT2D eigenvalue weighted by Crippen LogP contribution is 2.09. The summed E-state index contributed by atoms with van der Waals surface area (Å²) in [5.74, 6) is 0.176. The number of hydrogen-bond donors (Lipinski definition) is 0. The van der Waals surface area contributed by atoms with Crippen LogP contribution in [0.2, 0.25) is 0 Å². The van der Waals surface area contributed by atoms with E-state index >= 15 is 0 Å². The molecule has 2 heterocycles. The van der Waals surface area contributed by atoms with Crippen LogP contribution in [0, 0.1) is 19.7 Å². The van der Waals surface area contributed by atoms with Gasteiger partial charge in [-0.15, -0.1) is 10.2 Å². The van der Waals surface area contributed by atoms with Crippen molar-refractivity contribution in [3.8, 4) is 5.95 Å². The summed E-state index contributed by atoms with van der Waals surface area (Å²) < 4.78 is 16.3. The van der Waals surface area contributed by atoms with Crippen LogP contribution in [-0.4, -0.2) is 30.9 Å². The molecule has 106 valence electrons. The fourth-order valence-electron chi connectivity index (χ4n) is 1.99. The van der Waals surface area contributed by atoms with Crippen LogP contribution < -0.4 is 0 Å². The van der Waals surface area contributed by atoms with E-state index in [1.807, 2.05) is 19.9 Å². The molecular formula is C14H13FN6. The normalized spacial score (nSPS) is 11.4. The Morgan fingerprint density at radius 3 is 2.81 bits per heavy atom. The lowest BCUT2D eigenvalue weighted by molar-refractivity contribution is 0.627. The smallest absolute Gasteiger partial charge is 0.207 e. The SMILES string of the molecule is Cc1cc(C)n(-c2nncn2/N=C\c2cccc(F)c2)n1. The average molecular weight is 284 g/mol. The summed E-state index contributed by atoms with van der Waals surface area (Å²) in [5.41, 5.74) is 2.47. The third-order valence-electron chi connectivity index (χ3n) is 2.89. The van der Waals surface area contributed by atoms with Crippen molar-refractivity contribution in [3.63, 3.8) is 0 Å². The van der Waals surface area contributed by atoms with E-state index in [2.05, 4.69) is 20.4 Å². The molecule has 0 aliphatic heterocycles. The zero-order valence-electron chi connectivity index (χ0n) is 11.6. The van der Waals surface area contributed by atoms with Crippen LogP contribution in [0.25, 0.3) is 5.95 Å². The predicted molar refractivity (Wildman–Crippen MR) is 76.0 cm³/mol. The molecule has 0 aliphatic carbocycles. The molecule has 0 aliphatic rings. The van der Waals surface area contributed by atoms with E-state index in [0.29, 0.717) is 11.5 Å². The van der Waals surface area contributed by atoms with Crippen molar-refractivity contribution in [2.75, 3.05) is 0 Å². The first-order valence-electron chi connectivity index (χ1n) is 6.37. The molecule has 0 saturated heterocycles. The highest BCUT2D eigenvalue weighted by Gasteiger charge is 2.10. The topological polar surface area (TPSA) is 60.9 Å². The zero-order valence-corrected chi connectivity index (χ0v) is 11.6. The standard InChI is InChI=1S/C14H13FN6/c1-10-6-11(2)21(19-10)14-18-16-9-20(14)17-8-12-4-3-5-13(15)7-12/h3-9H,1-2H3/b17-8-. The molecule has 3 rings (SSSR count). The van der Waals surface area contributed by atoms with Gasteiger partial charge in [0, 0.05) is 5.69 Å². The van der Waals surface area contributed by atoms with E-state index in [9.17, 15) is 4.39 Å². The van der Waals surface area contributed by atoms with Crippen molar-refractivity contribution in [2.24, 2.45) is 5.10 Å². The fourth-order valence-corrected chi connectivity index (χ4v) is 1.99. The van der Waals surface area contributed by atoms with Crippen LogP contribution >= 0.6 is 0 Å². The van der Waals surface area contributed by atoms with Gasteiger partial charge in [0.2, 0.25) is 0 Å². The van der Waals surface area contributed by atoms with Crippen molar-refractivity contribution >= 4 is 6.21 Å². The number of aryl methyl sites for hydroxylation is 2. The number of benzene rings is 1. The summed E-state index contributed by atoms with van der Waals surface area (Å²) in [4.78, 5) is 0. The number of aromatic nitrogens is 5. The zero-order chi connectivity index (χ0) is 14.8. The van der Waals surface area contributed by atoms with Crippen molar-refractivity contribution in [2.45, 2.75) is 13.8 Å².